The Morgan fingerprint density at radius 2 is 1.94 bits per heavy atom. The summed E-state index contributed by atoms with van der Waals surface area (Å²) in [5.74, 6) is -3.95. The summed E-state index contributed by atoms with van der Waals surface area (Å²) in [6.45, 7) is 1.85. The minimum absolute atomic E-state index is 0.0907. The number of benzene rings is 1. The number of aromatic nitrogens is 2. The van der Waals surface area contributed by atoms with Crippen LogP contribution in [-0.4, -0.2) is 9.55 Å². The Bertz CT molecular complexity index is 616. The second-order valence-corrected chi connectivity index (χ2v) is 3.86. The molecule has 2 nitrogen and oxygen atoms in total. The predicted molar refractivity (Wildman–Crippen MR) is 60.2 cm³/mol. The molecule has 0 radical (unpaired) electrons. The topological polar surface area (TPSA) is 20.7 Å². The molecule has 2 aromatic rings. The summed E-state index contributed by atoms with van der Waals surface area (Å²) in [6.07, 6.45) is 2.20. The third kappa shape index (κ3) is 1.88. The van der Waals surface area contributed by atoms with Crippen LogP contribution in [0.15, 0.2) is 18.3 Å². The molecular formula is C11H9F3N2S. The van der Waals surface area contributed by atoms with E-state index < -0.39 is 17.5 Å². The van der Waals surface area contributed by atoms with E-state index in [-0.39, 0.29) is 10.5 Å². The average Bonchev–Trinajstić information content (AvgIpc) is 2.68. The van der Waals surface area contributed by atoms with E-state index in [2.05, 4.69) is 4.98 Å². The van der Waals surface area contributed by atoms with Crippen LogP contribution in [0.4, 0.5) is 13.2 Å². The Balaban J connectivity index is 2.73. The number of aromatic amines is 1. The van der Waals surface area contributed by atoms with Crippen molar-refractivity contribution in [3.05, 3.63) is 46.2 Å². The number of H-pyrrole nitrogens is 1. The molecule has 0 bridgehead atoms. The maximum absolute atomic E-state index is 13.6. The van der Waals surface area contributed by atoms with Crippen molar-refractivity contribution in [3.8, 4) is 5.69 Å². The highest BCUT2D eigenvalue weighted by atomic mass is 32.1. The second kappa shape index (κ2) is 4.37. The highest BCUT2D eigenvalue weighted by molar-refractivity contribution is 7.71. The maximum atomic E-state index is 13.6. The summed E-state index contributed by atoms with van der Waals surface area (Å²) in [5.41, 5.74) is 0.604. The van der Waals surface area contributed by atoms with Gasteiger partial charge in [-0.1, -0.05) is 6.92 Å². The fourth-order valence-corrected chi connectivity index (χ4v) is 1.89. The second-order valence-electron chi connectivity index (χ2n) is 3.47. The standard InChI is InChI=1S/C11H9F3N2S/c1-2-6-5-15-11(17)16(6)8-4-3-7(12)9(13)10(8)14/h3-5H,2H2,1H3,(H,15,17). The highest BCUT2D eigenvalue weighted by Crippen LogP contribution is 2.21. The third-order valence-corrected chi connectivity index (χ3v) is 2.77. The quantitative estimate of drug-likeness (QED) is 0.645. The Labute approximate surface area is 101 Å². The normalized spacial score (nSPS) is 10.8. The number of imidazole rings is 1. The zero-order valence-electron chi connectivity index (χ0n) is 8.93. The van der Waals surface area contributed by atoms with Gasteiger partial charge in [-0.25, -0.2) is 13.2 Å². The fraction of sp³-hybridized carbons (Fsp3) is 0.182. The molecule has 6 heteroatoms. The van der Waals surface area contributed by atoms with Gasteiger partial charge in [0.1, 0.15) is 0 Å². The van der Waals surface area contributed by atoms with Crippen LogP contribution >= 0.6 is 12.2 Å². The van der Waals surface area contributed by atoms with E-state index >= 15 is 0 Å². The van der Waals surface area contributed by atoms with Gasteiger partial charge in [-0.3, -0.25) is 4.57 Å². The Morgan fingerprint density at radius 1 is 1.24 bits per heavy atom. The molecule has 0 unspecified atom stereocenters. The first kappa shape index (κ1) is 11.9. The van der Waals surface area contributed by atoms with Crippen LogP contribution in [0.5, 0.6) is 0 Å². The zero-order chi connectivity index (χ0) is 12.6. The molecule has 0 aliphatic carbocycles. The lowest BCUT2D eigenvalue weighted by Crippen LogP contribution is -2.05. The van der Waals surface area contributed by atoms with Gasteiger partial charge in [-0.2, -0.15) is 0 Å². The lowest BCUT2D eigenvalue weighted by atomic mass is 10.2. The van der Waals surface area contributed by atoms with Crippen molar-refractivity contribution in [1.82, 2.24) is 9.55 Å². The molecule has 1 heterocycles. The highest BCUT2D eigenvalue weighted by Gasteiger charge is 2.16. The molecule has 0 aliphatic heterocycles. The Kier molecular flexibility index (Phi) is 3.06. The van der Waals surface area contributed by atoms with Gasteiger partial charge in [-0.15, -0.1) is 0 Å². The summed E-state index contributed by atoms with van der Waals surface area (Å²) in [6, 6.07) is 2.04. The molecule has 90 valence electrons. The van der Waals surface area contributed by atoms with Crippen molar-refractivity contribution in [1.29, 1.82) is 0 Å². The van der Waals surface area contributed by atoms with Crippen molar-refractivity contribution in [2.24, 2.45) is 0 Å². The van der Waals surface area contributed by atoms with Gasteiger partial charge >= 0.3 is 0 Å². The molecule has 0 aliphatic rings. The average molecular weight is 258 g/mol. The number of nitrogens with zero attached hydrogens (tertiary/aromatic N) is 1. The SMILES string of the molecule is CCc1c[nH]c(=S)n1-c1ccc(F)c(F)c1F. The molecule has 2 rings (SSSR count). The monoisotopic (exact) mass is 258 g/mol. The molecule has 17 heavy (non-hydrogen) atoms. The molecule has 1 aromatic carbocycles. The van der Waals surface area contributed by atoms with Crippen LogP contribution in [0.3, 0.4) is 0 Å². The van der Waals surface area contributed by atoms with Gasteiger partial charge < -0.3 is 4.98 Å². The Hall–Kier alpha value is -1.56. The van der Waals surface area contributed by atoms with E-state index in [1.807, 2.05) is 6.92 Å². The van der Waals surface area contributed by atoms with Crippen molar-refractivity contribution in [2.75, 3.05) is 0 Å². The van der Waals surface area contributed by atoms with Crippen LogP contribution in [0.25, 0.3) is 5.69 Å². The number of hydrogen-bond acceptors (Lipinski definition) is 1. The lowest BCUT2D eigenvalue weighted by molar-refractivity contribution is 0.444. The summed E-state index contributed by atoms with van der Waals surface area (Å²) in [7, 11) is 0. The first-order valence-corrected chi connectivity index (χ1v) is 5.40. The van der Waals surface area contributed by atoms with E-state index in [1.165, 1.54) is 4.57 Å². The molecular weight excluding hydrogens is 249 g/mol. The van der Waals surface area contributed by atoms with E-state index in [4.69, 9.17) is 12.2 Å². The van der Waals surface area contributed by atoms with Crippen LogP contribution in [0, 0.1) is 22.2 Å². The predicted octanol–water partition coefficient (Wildman–Crippen LogP) is 3.51. The number of rotatable bonds is 2. The van der Waals surface area contributed by atoms with E-state index in [1.54, 1.807) is 6.20 Å². The molecule has 0 saturated carbocycles. The fourth-order valence-electron chi connectivity index (χ4n) is 1.62. The molecule has 0 fully saturated rings. The van der Waals surface area contributed by atoms with E-state index in [0.29, 0.717) is 12.1 Å². The third-order valence-electron chi connectivity index (χ3n) is 2.47. The minimum Gasteiger partial charge on any atom is -0.337 e. The minimum atomic E-state index is -1.49. The van der Waals surface area contributed by atoms with Crippen molar-refractivity contribution >= 4 is 12.2 Å². The van der Waals surface area contributed by atoms with Crippen molar-refractivity contribution < 1.29 is 13.2 Å². The summed E-state index contributed by atoms with van der Waals surface area (Å²) >= 11 is 4.98. The Morgan fingerprint density at radius 3 is 2.59 bits per heavy atom. The van der Waals surface area contributed by atoms with Crippen LogP contribution < -0.4 is 0 Å². The number of aryl methyl sites for hydroxylation is 1. The maximum Gasteiger partial charge on any atom is 0.196 e. The van der Waals surface area contributed by atoms with Crippen molar-refractivity contribution in [2.45, 2.75) is 13.3 Å². The van der Waals surface area contributed by atoms with Gasteiger partial charge in [0.25, 0.3) is 0 Å². The van der Waals surface area contributed by atoms with Gasteiger partial charge in [0, 0.05) is 11.9 Å². The largest absolute Gasteiger partial charge is 0.337 e. The van der Waals surface area contributed by atoms with Gasteiger partial charge in [-0.05, 0) is 30.8 Å². The number of hydrogen-bond donors (Lipinski definition) is 1. The van der Waals surface area contributed by atoms with Crippen LogP contribution in [-0.2, 0) is 6.42 Å². The molecule has 1 aromatic heterocycles. The van der Waals surface area contributed by atoms with E-state index in [9.17, 15) is 13.2 Å². The number of nitrogens with one attached hydrogen (secondary N) is 1. The molecule has 0 saturated heterocycles. The molecule has 0 spiro atoms. The van der Waals surface area contributed by atoms with Gasteiger partial charge in [0.05, 0.1) is 5.69 Å². The smallest absolute Gasteiger partial charge is 0.196 e. The lowest BCUT2D eigenvalue weighted by Gasteiger charge is -2.08. The van der Waals surface area contributed by atoms with Gasteiger partial charge in [0.15, 0.2) is 22.2 Å². The first-order chi connectivity index (χ1) is 8.06. The van der Waals surface area contributed by atoms with Gasteiger partial charge in [0.2, 0.25) is 0 Å². The first-order valence-electron chi connectivity index (χ1n) is 4.99. The van der Waals surface area contributed by atoms with Crippen molar-refractivity contribution in [3.63, 3.8) is 0 Å². The molecule has 0 amide bonds. The molecule has 0 atom stereocenters. The number of halogens is 3. The zero-order valence-corrected chi connectivity index (χ0v) is 9.75. The molecule has 1 N–H and O–H groups in total. The van der Waals surface area contributed by atoms with E-state index in [0.717, 1.165) is 12.1 Å². The van der Waals surface area contributed by atoms with Crippen LogP contribution in [0.2, 0.25) is 0 Å². The van der Waals surface area contributed by atoms with Crippen LogP contribution in [0.1, 0.15) is 12.6 Å². The summed E-state index contributed by atoms with van der Waals surface area (Å²) < 4.78 is 41.2. The summed E-state index contributed by atoms with van der Waals surface area (Å²) in [5, 5.41) is 0. The summed E-state index contributed by atoms with van der Waals surface area (Å²) in [4.78, 5) is 2.74.